The van der Waals surface area contributed by atoms with Crippen molar-refractivity contribution in [1.82, 2.24) is 0 Å². The molecule has 1 aliphatic carbocycles. The zero-order valence-corrected chi connectivity index (χ0v) is 40.1. The first kappa shape index (κ1) is 57.4. The van der Waals surface area contributed by atoms with E-state index >= 15 is 0 Å². The fraction of sp³-hybridized carbons (Fsp3) is 0.875. The van der Waals surface area contributed by atoms with Crippen LogP contribution in [0.4, 0.5) is 0 Å². The van der Waals surface area contributed by atoms with Gasteiger partial charge in [0.15, 0.2) is 6.10 Å². The number of aliphatic hydroxyl groups is 3. The number of esters is 2. The second-order valence-electron chi connectivity index (χ2n) is 18.5. The lowest BCUT2D eigenvalue weighted by atomic mass is 9.88. The number of phosphoric ester groups is 1. The molecule has 1 fully saturated rings. The molecule has 4 N–H and O–H groups in total. The Morgan fingerprint density at radius 2 is 1.25 bits per heavy atom. The van der Waals surface area contributed by atoms with Gasteiger partial charge in [-0.2, -0.15) is 0 Å². The molecule has 61 heavy (non-hydrogen) atoms. The lowest BCUT2D eigenvalue weighted by Gasteiger charge is -2.24. The molecule has 0 aromatic rings. The van der Waals surface area contributed by atoms with Crippen molar-refractivity contribution in [3.63, 3.8) is 0 Å². The third-order valence-corrected chi connectivity index (χ3v) is 12.5. The predicted octanol–water partition coefficient (Wildman–Crippen LogP) is 10.3. The number of carbonyl (C=O) groups is 2. The number of phosphoric acid groups is 1. The lowest BCUT2D eigenvalue weighted by Crippen LogP contribution is -2.37. The van der Waals surface area contributed by atoms with E-state index in [0.717, 1.165) is 70.6 Å². The summed E-state index contributed by atoms with van der Waals surface area (Å²) in [6.07, 6.45) is 31.4. The maximum atomic E-state index is 12.8. The Morgan fingerprint density at radius 1 is 0.705 bits per heavy atom. The van der Waals surface area contributed by atoms with Gasteiger partial charge < -0.3 is 34.2 Å². The second kappa shape index (κ2) is 35.7. The van der Waals surface area contributed by atoms with Crippen molar-refractivity contribution in [2.24, 2.45) is 11.8 Å². The molecule has 0 heterocycles. The van der Waals surface area contributed by atoms with Gasteiger partial charge in [0.2, 0.25) is 0 Å². The average Bonchev–Trinajstić information content (AvgIpc) is 3.47. The van der Waals surface area contributed by atoms with E-state index in [0.29, 0.717) is 36.7 Å². The number of hydrogen-bond acceptors (Lipinski definition) is 10. The normalized spacial score (nSPS) is 20.3. The first-order valence-corrected chi connectivity index (χ1v) is 25.8. The highest BCUT2D eigenvalue weighted by molar-refractivity contribution is 7.47. The SMILES string of the molecule is CCCCCCCC/C=C\CCCCCCCCCC(=O)OC[C@H](COP(=O)(O)OCC[N+](C)(C)C)OC(=O)CCCCCC[C@@H]1[C@@H](/C=C/[C@@H](O)CCCCC)[C@H](O)C[C@@H]1O. The predicted molar refractivity (Wildman–Crippen MR) is 245 cm³/mol. The van der Waals surface area contributed by atoms with Gasteiger partial charge in [-0.25, -0.2) is 4.57 Å². The zero-order valence-electron chi connectivity index (χ0n) is 39.2. The van der Waals surface area contributed by atoms with Gasteiger partial charge in [-0.1, -0.05) is 141 Å². The van der Waals surface area contributed by atoms with Crippen LogP contribution in [-0.2, 0) is 32.7 Å². The van der Waals surface area contributed by atoms with Crippen LogP contribution in [0.3, 0.4) is 0 Å². The molecule has 0 amide bonds. The second-order valence-corrected chi connectivity index (χ2v) is 19.9. The minimum Gasteiger partial charge on any atom is -0.462 e. The van der Waals surface area contributed by atoms with Crippen LogP contribution in [0.1, 0.15) is 187 Å². The largest absolute Gasteiger partial charge is 0.472 e. The van der Waals surface area contributed by atoms with Crippen LogP contribution in [-0.4, -0.2) is 109 Å². The van der Waals surface area contributed by atoms with Crippen molar-refractivity contribution in [2.45, 2.75) is 212 Å². The Kier molecular flexibility index (Phi) is 33.6. The molecule has 0 radical (unpaired) electrons. The van der Waals surface area contributed by atoms with Crippen LogP contribution in [0, 0.1) is 11.8 Å². The molecule has 13 heteroatoms. The highest BCUT2D eigenvalue weighted by Crippen LogP contribution is 2.43. The third kappa shape index (κ3) is 32.7. The number of aliphatic hydroxyl groups excluding tert-OH is 3. The Bertz CT molecular complexity index is 1210. The van der Waals surface area contributed by atoms with E-state index in [-0.39, 0.29) is 37.9 Å². The van der Waals surface area contributed by atoms with Crippen LogP contribution >= 0.6 is 7.82 Å². The van der Waals surface area contributed by atoms with Crippen LogP contribution in [0.15, 0.2) is 24.3 Å². The summed E-state index contributed by atoms with van der Waals surface area (Å²) in [7, 11) is 1.35. The summed E-state index contributed by atoms with van der Waals surface area (Å²) in [5.74, 6) is -1.23. The number of carbonyl (C=O) groups excluding carboxylic acids is 2. The van der Waals surface area contributed by atoms with E-state index in [9.17, 15) is 34.4 Å². The van der Waals surface area contributed by atoms with Gasteiger partial charge in [0.25, 0.3) is 0 Å². The van der Waals surface area contributed by atoms with Crippen LogP contribution < -0.4 is 0 Å². The van der Waals surface area contributed by atoms with Gasteiger partial charge in [-0.05, 0) is 57.3 Å². The summed E-state index contributed by atoms with van der Waals surface area (Å²) in [6, 6.07) is 0. The monoisotopic (exact) mass is 889 g/mol. The topological polar surface area (TPSA) is 169 Å². The van der Waals surface area contributed by atoms with Crippen molar-refractivity contribution in [3.8, 4) is 0 Å². The summed E-state index contributed by atoms with van der Waals surface area (Å²) in [6.45, 7) is 4.08. The lowest BCUT2D eigenvalue weighted by molar-refractivity contribution is -0.870. The molecule has 1 aliphatic rings. The van der Waals surface area contributed by atoms with E-state index in [1.165, 1.54) is 64.2 Å². The maximum Gasteiger partial charge on any atom is 0.472 e. The highest BCUT2D eigenvalue weighted by Gasteiger charge is 2.39. The molecule has 0 bridgehead atoms. The van der Waals surface area contributed by atoms with Crippen molar-refractivity contribution in [2.75, 3.05) is 47.5 Å². The molecular formula is C48H91NO11P+. The molecule has 0 spiro atoms. The Labute approximate surface area is 371 Å². The van der Waals surface area contributed by atoms with Gasteiger partial charge >= 0.3 is 19.8 Å². The number of ether oxygens (including phenoxy) is 2. The van der Waals surface area contributed by atoms with Crippen molar-refractivity contribution in [1.29, 1.82) is 0 Å². The molecule has 1 saturated carbocycles. The Morgan fingerprint density at radius 3 is 1.85 bits per heavy atom. The molecule has 12 nitrogen and oxygen atoms in total. The van der Waals surface area contributed by atoms with Crippen LogP contribution in [0.25, 0.3) is 0 Å². The van der Waals surface area contributed by atoms with E-state index in [1.807, 2.05) is 27.2 Å². The molecule has 0 aromatic carbocycles. The minimum absolute atomic E-state index is 0.00663. The van der Waals surface area contributed by atoms with E-state index in [1.54, 1.807) is 6.08 Å². The smallest absolute Gasteiger partial charge is 0.462 e. The van der Waals surface area contributed by atoms with Crippen molar-refractivity contribution >= 4 is 19.8 Å². The number of unbranched alkanes of at least 4 members (excludes halogenated alkanes) is 18. The minimum atomic E-state index is -4.44. The van der Waals surface area contributed by atoms with Crippen molar-refractivity contribution in [3.05, 3.63) is 24.3 Å². The first-order valence-electron chi connectivity index (χ1n) is 24.3. The summed E-state index contributed by atoms with van der Waals surface area (Å²) >= 11 is 0. The fourth-order valence-corrected chi connectivity index (χ4v) is 8.44. The quantitative estimate of drug-likeness (QED) is 0.0152. The highest BCUT2D eigenvalue weighted by atomic mass is 31.2. The number of allylic oxidation sites excluding steroid dienone is 2. The summed E-state index contributed by atoms with van der Waals surface area (Å²) in [5.41, 5.74) is 0. The molecule has 1 unspecified atom stereocenters. The molecule has 0 aliphatic heterocycles. The van der Waals surface area contributed by atoms with Gasteiger partial charge in [0, 0.05) is 25.2 Å². The molecule has 0 saturated heterocycles. The number of nitrogens with zero attached hydrogens (tertiary/aromatic N) is 1. The molecular weight excluding hydrogens is 797 g/mol. The molecule has 7 atom stereocenters. The fourth-order valence-electron chi connectivity index (χ4n) is 7.69. The van der Waals surface area contributed by atoms with E-state index < -0.39 is 50.8 Å². The van der Waals surface area contributed by atoms with Gasteiger partial charge in [0.1, 0.15) is 19.8 Å². The Balaban J connectivity index is 2.43. The van der Waals surface area contributed by atoms with Crippen LogP contribution in [0.2, 0.25) is 0 Å². The molecule has 0 aromatic heterocycles. The summed E-state index contributed by atoms with van der Waals surface area (Å²) in [4.78, 5) is 35.7. The number of likely N-dealkylation sites (N-methyl/N-ethyl adjacent to an activating group) is 1. The number of hydrogen-bond donors (Lipinski definition) is 4. The van der Waals surface area contributed by atoms with Crippen LogP contribution in [0.5, 0.6) is 0 Å². The average molecular weight is 889 g/mol. The maximum absolute atomic E-state index is 12.8. The van der Waals surface area contributed by atoms with Gasteiger partial charge in [-0.3, -0.25) is 18.6 Å². The van der Waals surface area contributed by atoms with Crippen molar-refractivity contribution < 1.29 is 57.4 Å². The van der Waals surface area contributed by atoms with Gasteiger partial charge in [-0.15, -0.1) is 0 Å². The zero-order chi connectivity index (χ0) is 45.2. The summed E-state index contributed by atoms with van der Waals surface area (Å²) < 4.78 is 34.4. The Hall–Kier alpha value is -1.63. The third-order valence-electron chi connectivity index (χ3n) is 11.6. The molecule has 358 valence electrons. The van der Waals surface area contributed by atoms with E-state index in [2.05, 4.69) is 26.0 Å². The number of rotatable bonds is 40. The first-order chi connectivity index (χ1) is 29.2. The standard InChI is InChI=1S/C48H90NO11P/c1-6-8-10-11-12-13-14-15-16-17-18-19-20-21-22-23-28-32-47(53)57-39-42(40-59-61(55,56)58-37-36-49(3,4)5)60-48(54)33-29-25-24-27-31-43-44(46(52)38-45(43)51)35-34-41(50)30-26-9-7-2/h15-16,34-35,41-46,50-52H,6-14,17-33,36-40H2,1-5H3/p+1/b16-15-,35-34+/t41-,42+,43+,44+,45-,46+/m0/s1. The summed E-state index contributed by atoms with van der Waals surface area (Å²) in [5, 5.41) is 31.5. The number of quaternary nitrogens is 1. The van der Waals surface area contributed by atoms with E-state index in [4.69, 9.17) is 18.5 Å². The van der Waals surface area contributed by atoms with Gasteiger partial charge in [0.05, 0.1) is 46.1 Å². The molecule has 1 rings (SSSR count).